The van der Waals surface area contributed by atoms with E-state index in [-0.39, 0.29) is 35.9 Å². The number of nitrogens with zero attached hydrogens (tertiary/aromatic N) is 1. The molecule has 0 bridgehead atoms. The smallest absolute Gasteiger partial charge is 0.227 e. The van der Waals surface area contributed by atoms with E-state index in [1.54, 1.807) is 7.11 Å². The van der Waals surface area contributed by atoms with Crippen molar-refractivity contribution in [2.24, 2.45) is 11.3 Å². The second kappa shape index (κ2) is 8.31. The van der Waals surface area contributed by atoms with Crippen molar-refractivity contribution in [2.45, 2.75) is 19.3 Å². The van der Waals surface area contributed by atoms with Gasteiger partial charge in [-0.05, 0) is 38.1 Å². The van der Waals surface area contributed by atoms with Gasteiger partial charge in [0.25, 0.3) is 0 Å². The van der Waals surface area contributed by atoms with Crippen LogP contribution in [0.1, 0.15) is 19.3 Å². The third-order valence-corrected chi connectivity index (χ3v) is 5.45. The van der Waals surface area contributed by atoms with Crippen molar-refractivity contribution in [3.63, 3.8) is 0 Å². The molecule has 0 aliphatic carbocycles. The van der Waals surface area contributed by atoms with Crippen molar-refractivity contribution >= 4 is 17.5 Å². The Morgan fingerprint density at radius 3 is 2.78 bits per heavy atom. The van der Waals surface area contributed by atoms with Gasteiger partial charge >= 0.3 is 0 Å². The molecule has 148 valence electrons. The fraction of sp³-hybridized carbons (Fsp3) is 0.579. The SMILES string of the molecule is COCC1(CNC(=O)C2CC(=O)N(c3ccc(F)cc3F)C2)CCNCC1. The Bertz CT molecular complexity index is 702. The molecule has 2 saturated heterocycles. The minimum absolute atomic E-state index is 0.00547. The number of ether oxygens (including phenoxy) is 1. The van der Waals surface area contributed by atoms with Crippen LogP contribution >= 0.6 is 0 Å². The highest BCUT2D eigenvalue weighted by molar-refractivity contribution is 6.00. The summed E-state index contributed by atoms with van der Waals surface area (Å²) in [4.78, 5) is 26.1. The maximum atomic E-state index is 14.0. The molecule has 3 rings (SSSR count). The van der Waals surface area contributed by atoms with Gasteiger partial charge in [0.2, 0.25) is 11.8 Å². The molecule has 0 spiro atoms. The molecule has 1 atom stereocenters. The number of halogens is 2. The lowest BCUT2D eigenvalue weighted by Crippen LogP contribution is -2.48. The zero-order chi connectivity index (χ0) is 19.4. The Labute approximate surface area is 157 Å². The number of benzene rings is 1. The predicted molar refractivity (Wildman–Crippen MR) is 96.2 cm³/mol. The number of hydrogen-bond donors (Lipinski definition) is 2. The summed E-state index contributed by atoms with van der Waals surface area (Å²) in [7, 11) is 1.65. The minimum Gasteiger partial charge on any atom is -0.384 e. The first kappa shape index (κ1) is 19.7. The quantitative estimate of drug-likeness (QED) is 0.783. The van der Waals surface area contributed by atoms with Crippen molar-refractivity contribution < 1.29 is 23.1 Å². The maximum Gasteiger partial charge on any atom is 0.227 e. The summed E-state index contributed by atoms with van der Waals surface area (Å²) in [5, 5.41) is 6.25. The molecule has 2 amide bonds. The molecule has 0 aromatic heterocycles. The van der Waals surface area contributed by atoms with Gasteiger partial charge in [0.15, 0.2) is 0 Å². The molecule has 1 aromatic rings. The van der Waals surface area contributed by atoms with Crippen LogP contribution in [0.2, 0.25) is 0 Å². The molecule has 6 nitrogen and oxygen atoms in total. The number of rotatable bonds is 6. The molecule has 8 heteroatoms. The van der Waals surface area contributed by atoms with Crippen LogP contribution in [0.5, 0.6) is 0 Å². The van der Waals surface area contributed by atoms with Crippen LogP contribution < -0.4 is 15.5 Å². The van der Waals surface area contributed by atoms with Crippen LogP contribution in [0.25, 0.3) is 0 Å². The fourth-order valence-corrected chi connectivity index (χ4v) is 3.87. The second-order valence-corrected chi connectivity index (χ2v) is 7.40. The van der Waals surface area contributed by atoms with Gasteiger partial charge in [-0.25, -0.2) is 8.78 Å². The maximum absolute atomic E-state index is 14.0. The van der Waals surface area contributed by atoms with E-state index in [4.69, 9.17) is 4.74 Å². The highest BCUT2D eigenvalue weighted by Gasteiger charge is 2.38. The van der Waals surface area contributed by atoms with Crippen molar-refractivity contribution in [1.29, 1.82) is 0 Å². The summed E-state index contributed by atoms with van der Waals surface area (Å²) in [5.74, 6) is -2.62. The van der Waals surface area contributed by atoms with E-state index in [0.717, 1.165) is 38.1 Å². The molecule has 0 radical (unpaired) electrons. The third kappa shape index (κ3) is 4.44. The first-order chi connectivity index (χ1) is 12.9. The fourth-order valence-electron chi connectivity index (χ4n) is 3.87. The largest absolute Gasteiger partial charge is 0.384 e. The van der Waals surface area contributed by atoms with E-state index in [1.165, 1.54) is 11.0 Å². The molecule has 2 aliphatic heterocycles. The van der Waals surface area contributed by atoms with Crippen molar-refractivity contribution in [1.82, 2.24) is 10.6 Å². The second-order valence-electron chi connectivity index (χ2n) is 7.40. The van der Waals surface area contributed by atoms with Gasteiger partial charge in [-0.15, -0.1) is 0 Å². The number of hydrogen-bond acceptors (Lipinski definition) is 4. The number of amides is 2. The summed E-state index contributed by atoms with van der Waals surface area (Å²) < 4.78 is 32.4. The molecular weight excluding hydrogens is 356 g/mol. The highest BCUT2D eigenvalue weighted by atomic mass is 19.1. The lowest BCUT2D eigenvalue weighted by molar-refractivity contribution is -0.127. The zero-order valence-corrected chi connectivity index (χ0v) is 15.4. The monoisotopic (exact) mass is 381 g/mol. The van der Waals surface area contributed by atoms with Gasteiger partial charge < -0.3 is 20.3 Å². The minimum atomic E-state index is -0.807. The number of methoxy groups -OCH3 is 1. The molecule has 27 heavy (non-hydrogen) atoms. The predicted octanol–water partition coefficient (Wildman–Crippen LogP) is 1.45. The first-order valence-electron chi connectivity index (χ1n) is 9.17. The summed E-state index contributed by atoms with van der Waals surface area (Å²) in [5.41, 5.74) is -0.105. The molecule has 1 unspecified atom stereocenters. The van der Waals surface area contributed by atoms with Crippen molar-refractivity contribution in [3.8, 4) is 0 Å². The van der Waals surface area contributed by atoms with E-state index in [2.05, 4.69) is 10.6 Å². The van der Waals surface area contributed by atoms with E-state index in [9.17, 15) is 18.4 Å². The first-order valence-corrected chi connectivity index (χ1v) is 9.17. The van der Waals surface area contributed by atoms with Gasteiger partial charge in [0, 0.05) is 38.1 Å². The van der Waals surface area contributed by atoms with Crippen molar-refractivity contribution in [2.75, 3.05) is 44.8 Å². The van der Waals surface area contributed by atoms with E-state index in [1.807, 2.05) is 0 Å². The molecule has 0 saturated carbocycles. The molecule has 2 heterocycles. The molecule has 2 aliphatic rings. The van der Waals surface area contributed by atoms with Crippen molar-refractivity contribution in [3.05, 3.63) is 29.8 Å². The summed E-state index contributed by atoms with van der Waals surface area (Å²) in [6.07, 6.45) is 1.82. The van der Waals surface area contributed by atoms with E-state index >= 15 is 0 Å². The zero-order valence-electron chi connectivity index (χ0n) is 15.4. The average Bonchev–Trinajstić information content (AvgIpc) is 3.02. The van der Waals surface area contributed by atoms with Crippen LogP contribution in [-0.2, 0) is 14.3 Å². The normalized spacial score (nSPS) is 22.1. The summed E-state index contributed by atoms with van der Waals surface area (Å²) >= 11 is 0. The Morgan fingerprint density at radius 1 is 1.37 bits per heavy atom. The van der Waals surface area contributed by atoms with Gasteiger partial charge in [-0.1, -0.05) is 0 Å². The van der Waals surface area contributed by atoms with Crippen LogP contribution in [0.4, 0.5) is 14.5 Å². The van der Waals surface area contributed by atoms with E-state index in [0.29, 0.717) is 13.2 Å². The lowest BCUT2D eigenvalue weighted by Gasteiger charge is -2.37. The van der Waals surface area contributed by atoms with Gasteiger partial charge in [-0.3, -0.25) is 9.59 Å². The lowest BCUT2D eigenvalue weighted by atomic mass is 9.79. The standard InChI is InChI=1S/C19H25F2N3O3/c1-27-12-19(4-6-22-7-5-19)11-23-18(26)13-8-17(25)24(10-13)16-3-2-14(20)9-15(16)21/h2-3,9,13,22H,4-8,10-12H2,1H3,(H,23,26). The van der Waals surface area contributed by atoms with E-state index < -0.39 is 17.6 Å². The Kier molecular flexibility index (Phi) is 6.06. The topological polar surface area (TPSA) is 70.7 Å². The summed E-state index contributed by atoms with van der Waals surface area (Å²) in [6.45, 7) is 2.88. The van der Waals surface area contributed by atoms with Gasteiger partial charge in [0.1, 0.15) is 11.6 Å². The third-order valence-electron chi connectivity index (χ3n) is 5.45. The number of anilines is 1. The highest BCUT2D eigenvalue weighted by Crippen LogP contribution is 2.30. The molecular formula is C19H25F2N3O3. The average molecular weight is 381 g/mol. The molecule has 2 fully saturated rings. The number of piperidine rings is 1. The number of nitrogens with one attached hydrogen (secondary N) is 2. The number of carbonyl (C=O) groups is 2. The van der Waals surface area contributed by atoms with Crippen LogP contribution in [-0.4, -0.2) is 51.7 Å². The van der Waals surface area contributed by atoms with Gasteiger partial charge in [-0.2, -0.15) is 0 Å². The Hall–Kier alpha value is -2.06. The molecule has 1 aromatic carbocycles. The van der Waals surface area contributed by atoms with Crippen LogP contribution in [0.15, 0.2) is 18.2 Å². The summed E-state index contributed by atoms with van der Waals surface area (Å²) in [6, 6.07) is 3.07. The van der Waals surface area contributed by atoms with Crippen LogP contribution in [0.3, 0.4) is 0 Å². The van der Waals surface area contributed by atoms with Gasteiger partial charge in [0.05, 0.1) is 18.2 Å². The number of carbonyl (C=O) groups excluding carboxylic acids is 2. The van der Waals surface area contributed by atoms with Crippen LogP contribution in [0, 0.1) is 23.0 Å². The Balaban J connectivity index is 1.61. The Morgan fingerprint density at radius 2 is 2.11 bits per heavy atom. The molecule has 2 N–H and O–H groups in total.